The predicted molar refractivity (Wildman–Crippen MR) is 123 cm³/mol. The first-order chi connectivity index (χ1) is 14.5. The number of likely N-dealkylation sites (tertiary alicyclic amines) is 1. The second kappa shape index (κ2) is 9.56. The van der Waals surface area contributed by atoms with Gasteiger partial charge in [-0.3, -0.25) is 9.44 Å². The monoisotopic (exact) mass is 467 g/mol. The molecule has 1 unspecified atom stereocenters. The Bertz CT molecular complexity index is 1080. The minimum atomic E-state index is -3.32. The van der Waals surface area contributed by atoms with Gasteiger partial charge in [0.1, 0.15) is 0 Å². The number of aliphatic hydroxyl groups excluding tert-OH is 1. The third-order valence-corrected chi connectivity index (χ3v) is 6.52. The van der Waals surface area contributed by atoms with Crippen LogP contribution in [0.3, 0.4) is 0 Å². The lowest BCUT2D eigenvalue weighted by Crippen LogP contribution is -2.36. The number of aliphatic hydroxyl groups is 1. The minimum absolute atomic E-state index is 0.405. The smallest absolute Gasteiger partial charge is 0.229 e. The van der Waals surface area contributed by atoms with Crippen molar-refractivity contribution in [2.45, 2.75) is 24.9 Å². The number of anilines is 2. The van der Waals surface area contributed by atoms with E-state index in [9.17, 15) is 21.9 Å². The molecule has 1 saturated heterocycles. The van der Waals surface area contributed by atoms with E-state index in [0.717, 1.165) is 44.0 Å². The quantitative estimate of drug-likeness (QED) is 0.549. The molecule has 0 saturated carbocycles. The van der Waals surface area contributed by atoms with E-state index in [4.69, 9.17) is 0 Å². The van der Waals surface area contributed by atoms with Crippen LogP contribution in [0.25, 0.3) is 0 Å². The van der Waals surface area contributed by atoms with Gasteiger partial charge >= 0.3 is 0 Å². The van der Waals surface area contributed by atoms with Crippen LogP contribution in [0.1, 0.15) is 36.0 Å². The molecule has 1 heterocycles. The first kappa shape index (κ1) is 23.5. The number of sulfonamides is 2. The Balaban J connectivity index is 1.50. The van der Waals surface area contributed by atoms with Crippen LogP contribution in [0.15, 0.2) is 48.5 Å². The van der Waals surface area contributed by atoms with E-state index in [-0.39, 0.29) is 0 Å². The minimum Gasteiger partial charge on any atom is -0.387 e. The Hall–Kier alpha value is -2.14. The van der Waals surface area contributed by atoms with Gasteiger partial charge in [-0.2, -0.15) is 0 Å². The molecule has 1 aliphatic rings. The number of nitrogens with zero attached hydrogens (tertiary/aromatic N) is 1. The standard InChI is InChI=1S/C21H29N3O5S2/c1-30(26,27)22-19-7-3-16(4-8-19)17-11-13-24(14-12-17)15-21(25)18-5-9-20(10-6-18)23-31(2,28)29/h3-10,17,21-23,25H,11-15H2,1-2H3. The molecule has 0 spiro atoms. The molecule has 31 heavy (non-hydrogen) atoms. The summed E-state index contributed by atoms with van der Waals surface area (Å²) in [5.41, 5.74) is 2.96. The molecule has 2 aromatic carbocycles. The second-order valence-electron chi connectivity index (χ2n) is 8.08. The molecule has 1 atom stereocenters. The lowest BCUT2D eigenvalue weighted by Gasteiger charge is -2.33. The zero-order chi connectivity index (χ0) is 22.6. The fourth-order valence-corrected chi connectivity index (χ4v) is 4.95. The highest BCUT2D eigenvalue weighted by atomic mass is 32.2. The Kier molecular flexibility index (Phi) is 7.25. The van der Waals surface area contributed by atoms with Gasteiger partial charge in [0.05, 0.1) is 18.6 Å². The molecule has 3 N–H and O–H groups in total. The van der Waals surface area contributed by atoms with Crippen LogP contribution < -0.4 is 9.44 Å². The molecule has 0 aliphatic carbocycles. The Morgan fingerprint density at radius 2 is 1.32 bits per heavy atom. The maximum absolute atomic E-state index is 11.3. The highest BCUT2D eigenvalue weighted by Gasteiger charge is 2.23. The number of hydrogen-bond acceptors (Lipinski definition) is 6. The van der Waals surface area contributed by atoms with Crippen molar-refractivity contribution in [2.75, 3.05) is 41.6 Å². The summed E-state index contributed by atoms with van der Waals surface area (Å²) in [5.74, 6) is 0.405. The van der Waals surface area contributed by atoms with Crippen molar-refractivity contribution >= 4 is 31.4 Å². The van der Waals surface area contributed by atoms with Crippen LogP contribution in [0.5, 0.6) is 0 Å². The summed E-state index contributed by atoms with van der Waals surface area (Å²) in [6, 6.07) is 14.3. The van der Waals surface area contributed by atoms with Gasteiger partial charge in [0, 0.05) is 17.9 Å². The topological polar surface area (TPSA) is 116 Å². The lowest BCUT2D eigenvalue weighted by atomic mass is 9.89. The van der Waals surface area contributed by atoms with E-state index in [1.54, 1.807) is 36.4 Å². The molecule has 170 valence electrons. The van der Waals surface area contributed by atoms with Crippen LogP contribution in [0.2, 0.25) is 0 Å². The van der Waals surface area contributed by atoms with E-state index in [0.29, 0.717) is 23.8 Å². The molecule has 1 fully saturated rings. The molecular formula is C21H29N3O5S2. The van der Waals surface area contributed by atoms with E-state index in [1.165, 1.54) is 5.56 Å². The van der Waals surface area contributed by atoms with Gasteiger partial charge in [-0.1, -0.05) is 24.3 Å². The van der Waals surface area contributed by atoms with Crippen LogP contribution in [-0.4, -0.2) is 59.0 Å². The van der Waals surface area contributed by atoms with Gasteiger partial charge in [-0.25, -0.2) is 16.8 Å². The molecule has 10 heteroatoms. The lowest BCUT2D eigenvalue weighted by molar-refractivity contribution is 0.0973. The number of hydrogen-bond donors (Lipinski definition) is 3. The van der Waals surface area contributed by atoms with E-state index >= 15 is 0 Å². The molecule has 0 bridgehead atoms. The van der Waals surface area contributed by atoms with Gasteiger partial charge in [0.15, 0.2) is 0 Å². The normalized spacial score (nSPS) is 17.3. The van der Waals surface area contributed by atoms with Crippen molar-refractivity contribution in [3.63, 3.8) is 0 Å². The molecular weight excluding hydrogens is 438 g/mol. The average Bonchev–Trinajstić information content (AvgIpc) is 2.67. The molecule has 0 aromatic heterocycles. The van der Waals surface area contributed by atoms with E-state index in [2.05, 4.69) is 14.3 Å². The highest BCUT2D eigenvalue weighted by molar-refractivity contribution is 7.92. The van der Waals surface area contributed by atoms with Crippen molar-refractivity contribution in [1.82, 2.24) is 4.90 Å². The maximum atomic E-state index is 11.3. The van der Waals surface area contributed by atoms with Crippen molar-refractivity contribution in [1.29, 1.82) is 0 Å². The highest BCUT2D eigenvalue weighted by Crippen LogP contribution is 2.30. The van der Waals surface area contributed by atoms with Gasteiger partial charge in [0.25, 0.3) is 0 Å². The molecule has 2 aromatic rings. The zero-order valence-corrected chi connectivity index (χ0v) is 19.3. The van der Waals surface area contributed by atoms with E-state index < -0.39 is 26.2 Å². The number of benzene rings is 2. The number of β-amino-alcohol motifs (C(OH)–C–C–N with tert-alkyl or cyclic N) is 1. The van der Waals surface area contributed by atoms with Gasteiger partial charge in [0.2, 0.25) is 20.0 Å². The largest absolute Gasteiger partial charge is 0.387 e. The van der Waals surface area contributed by atoms with Crippen molar-refractivity contribution in [3.05, 3.63) is 59.7 Å². The van der Waals surface area contributed by atoms with Crippen molar-refractivity contribution in [2.24, 2.45) is 0 Å². The van der Waals surface area contributed by atoms with Gasteiger partial charge < -0.3 is 10.0 Å². The number of piperidine rings is 1. The van der Waals surface area contributed by atoms with E-state index in [1.807, 2.05) is 12.1 Å². The van der Waals surface area contributed by atoms with Crippen molar-refractivity contribution in [3.8, 4) is 0 Å². The third-order valence-electron chi connectivity index (χ3n) is 5.30. The maximum Gasteiger partial charge on any atom is 0.229 e. The molecule has 0 radical (unpaired) electrons. The fourth-order valence-electron chi connectivity index (χ4n) is 3.82. The first-order valence-corrected chi connectivity index (χ1v) is 13.8. The van der Waals surface area contributed by atoms with Gasteiger partial charge in [-0.05, 0) is 67.2 Å². The SMILES string of the molecule is CS(=O)(=O)Nc1ccc(C(O)CN2CCC(c3ccc(NS(C)(=O)=O)cc3)CC2)cc1. The number of rotatable bonds is 8. The summed E-state index contributed by atoms with van der Waals surface area (Å²) in [6.45, 7) is 2.24. The first-order valence-electron chi connectivity index (χ1n) is 10.0. The molecule has 0 amide bonds. The Labute approximate surface area is 184 Å². The zero-order valence-electron chi connectivity index (χ0n) is 17.7. The van der Waals surface area contributed by atoms with Gasteiger partial charge in [-0.15, -0.1) is 0 Å². The Morgan fingerprint density at radius 3 is 1.77 bits per heavy atom. The Morgan fingerprint density at radius 1 is 0.871 bits per heavy atom. The van der Waals surface area contributed by atoms with Crippen LogP contribution in [0, 0.1) is 0 Å². The molecule has 3 rings (SSSR count). The predicted octanol–water partition coefficient (Wildman–Crippen LogP) is 2.34. The second-order valence-corrected chi connectivity index (χ2v) is 11.6. The third kappa shape index (κ3) is 7.49. The number of nitrogens with one attached hydrogen (secondary N) is 2. The summed E-state index contributed by atoms with van der Waals surface area (Å²) in [5, 5.41) is 10.6. The molecule has 1 aliphatic heterocycles. The summed E-state index contributed by atoms with van der Waals surface area (Å²) >= 11 is 0. The van der Waals surface area contributed by atoms with Crippen LogP contribution >= 0.6 is 0 Å². The summed E-state index contributed by atoms with van der Waals surface area (Å²) < 4.78 is 50.1. The average molecular weight is 468 g/mol. The van der Waals surface area contributed by atoms with Crippen LogP contribution in [-0.2, 0) is 20.0 Å². The summed E-state index contributed by atoms with van der Waals surface area (Å²) in [7, 11) is -6.60. The van der Waals surface area contributed by atoms with Crippen LogP contribution in [0.4, 0.5) is 11.4 Å². The summed E-state index contributed by atoms with van der Waals surface area (Å²) in [6.07, 6.45) is 3.50. The fraction of sp³-hybridized carbons (Fsp3) is 0.429. The summed E-state index contributed by atoms with van der Waals surface area (Å²) in [4.78, 5) is 2.23. The molecule has 8 nitrogen and oxygen atoms in total. The van der Waals surface area contributed by atoms with Crippen molar-refractivity contribution < 1.29 is 21.9 Å².